The van der Waals surface area contributed by atoms with Gasteiger partial charge in [0.2, 0.25) is 0 Å². The van der Waals surface area contributed by atoms with Gasteiger partial charge in [0.1, 0.15) is 9.71 Å². The van der Waals surface area contributed by atoms with E-state index in [4.69, 9.17) is 5.73 Å². The van der Waals surface area contributed by atoms with E-state index in [0.29, 0.717) is 21.9 Å². The maximum Gasteiger partial charge on any atom is 0.263 e. The van der Waals surface area contributed by atoms with Gasteiger partial charge in [-0.05, 0) is 48.6 Å². The average molecular weight is 365 g/mol. The molecule has 0 aliphatic carbocycles. The molecule has 6 nitrogen and oxygen atoms in total. The maximum absolute atomic E-state index is 12.6. The van der Waals surface area contributed by atoms with Gasteiger partial charge in [-0.15, -0.1) is 16.4 Å². The maximum atomic E-state index is 12.6. The Morgan fingerprint density at radius 1 is 1.27 bits per heavy atom. The molecule has 1 amide bonds. The number of fused-ring (bicyclic) bond motifs is 2. The van der Waals surface area contributed by atoms with Crippen LogP contribution in [0.5, 0.6) is 0 Å². The molecule has 7 heteroatoms. The third kappa shape index (κ3) is 2.61. The summed E-state index contributed by atoms with van der Waals surface area (Å²) in [4.78, 5) is 13.8. The Hall–Kier alpha value is -2.93. The number of amides is 1. The van der Waals surface area contributed by atoms with E-state index in [1.807, 2.05) is 33.2 Å². The van der Waals surface area contributed by atoms with Crippen LogP contribution in [0.1, 0.15) is 26.5 Å². The third-order valence-electron chi connectivity index (χ3n) is 4.74. The molecule has 26 heavy (non-hydrogen) atoms. The lowest BCUT2D eigenvalue weighted by Crippen LogP contribution is -2.22. The number of carbonyl (C=O) groups is 1. The molecule has 0 saturated heterocycles. The summed E-state index contributed by atoms with van der Waals surface area (Å²) in [6.07, 6.45) is 2.02. The fraction of sp³-hybridized carbons (Fsp3) is 0.211. The van der Waals surface area contributed by atoms with Crippen LogP contribution in [0.25, 0.3) is 21.1 Å². The Kier molecular flexibility index (Phi) is 3.88. The second-order valence-corrected chi connectivity index (χ2v) is 7.44. The molecule has 132 valence electrons. The molecule has 3 N–H and O–H groups in total. The van der Waals surface area contributed by atoms with Crippen LogP contribution in [-0.2, 0) is 13.6 Å². The molecule has 0 radical (unpaired) electrons. The second kappa shape index (κ2) is 6.10. The molecular weight excluding hydrogens is 346 g/mol. The topological polar surface area (TPSA) is 85.8 Å². The summed E-state index contributed by atoms with van der Waals surface area (Å²) in [6.45, 7) is 4.28. The molecular formula is C19H19N5OS. The first-order valence-electron chi connectivity index (χ1n) is 8.29. The van der Waals surface area contributed by atoms with Crippen LogP contribution in [0.3, 0.4) is 0 Å². The molecule has 4 rings (SSSR count). The van der Waals surface area contributed by atoms with Gasteiger partial charge in [0.25, 0.3) is 5.91 Å². The van der Waals surface area contributed by atoms with Gasteiger partial charge in [-0.1, -0.05) is 6.07 Å². The predicted molar refractivity (Wildman–Crippen MR) is 105 cm³/mol. The van der Waals surface area contributed by atoms with Crippen LogP contribution in [0.2, 0.25) is 0 Å². The largest absolute Gasteiger partial charge is 0.397 e. The summed E-state index contributed by atoms with van der Waals surface area (Å²) in [5.74, 6) is -0.185. The summed E-state index contributed by atoms with van der Waals surface area (Å²) in [7, 11) is 2.01. The van der Waals surface area contributed by atoms with E-state index < -0.39 is 0 Å². The number of carbonyl (C=O) groups excluding carboxylic acids is 1. The molecule has 0 spiro atoms. The van der Waals surface area contributed by atoms with E-state index in [-0.39, 0.29) is 5.91 Å². The van der Waals surface area contributed by atoms with Gasteiger partial charge < -0.3 is 15.6 Å². The zero-order valence-electron chi connectivity index (χ0n) is 14.8. The number of aromatic nitrogens is 3. The average Bonchev–Trinajstić information content (AvgIpc) is 3.17. The molecule has 0 aliphatic rings. The molecule has 0 aliphatic heterocycles. The number of benzene rings is 1. The number of nitrogens with zero attached hydrogens (tertiary/aromatic N) is 3. The smallest absolute Gasteiger partial charge is 0.263 e. The van der Waals surface area contributed by atoms with Crippen LogP contribution in [0.15, 0.2) is 30.5 Å². The van der Waals surface area contributed by atoms with Crippen molar-refractivity contribution in [2.24, 2.45) is 7.05 Å². The Labute approximate surface area is 154 Å². The van der Waals surface area contributed by atoms with Crippen molar-refractivity contribution >= 4 is 44.1 Å². The van der Waals surface area contributed by atoms with Gasteiger partial charge in [0.15, 0.2) is 0 Å². The van der Waals surface area contributed by atoms with Crippen molar-refractivity contribution in [3.63, 3.8) is 0 Å². The van der Waals surface area contributed by atoms with Crippen LogP contribution < -0.4 is 11.1 Å². The Bertz CT molecular complexity index is 1160. The Morgan fingerprint density at radius 3 is 2.88 bits per heavy atom. The lowest BCUT2D eigenvalue weighted by Gasteiger charge is -2.06. The summed E-state index contributed by atoms with van der Waals surface area (Å²) in [5, 5.41) is 13.2. The predicted octanol–water partition coefficient (Wildman–Crippen LogP) is 3.31. The van der Waals surface area contributed by atoms with Gasteiger partial charge >= 0.3 is 0 Å². The molecule has 0 saturated carbocycles. The number of thiophene rings is 1. The van der Waals surface area contributed by atoms with Crippen molar-refractivity contribution in [3.05, 3.63) is 52.2 Å². The number of nitrogen functional groups attached to an aromatic ring is 1. The fourth-order valence-electron chi connectivity index (χ4n) is 3.11. The van der Waals surface area contributed by atoms with Crippen molar-refractivity contribution in [3.8, 4) is 0 Å². The standard InChI is InChI=1S/C19H19N5OS/c1-10-11(2)22-23-19-15(10)16(20)17(26-19)18(25)21-9-12-4-5-14-13(8-12)6-7-24(14)3/h4-8H,9,20H2,1-3H3,(H,21,25). The fourth-order valence-corrected chi connectivity index (χ4v) is 4.13. The SMILES string of the molecule is Cc1nnc2sc(C(=O)NCc3ccc4c(ccn4C)c3)c(N)c2c1C. The first-order valence-corrected chi connectivity index (χ1v) is 9.11. The summed E-state index contributed by atoms with van der Waals surface area (Å²) in [5.41, 5.74) is 10.7. The van der Waals surface area contributed by atoms with Crippen molar-refractivity contribution in [2.75, 3.05) is 5.73 Å². The third-order valence-corrected chi connectivity index (χ3v) is 5.83. The van der Waals surface area contributed by atoms with Crippen LogP contribution in [-0.4, -0.2) is 20.7 Å². The molecule has 0 atom stereocenters. The summed E-state index contributed by atoms with van der Waals surface area (Å²) in [6, 6.07) is 8.24. The Balaban J connectivity index is 1.58. The Morgan fingerprint density at radius 2 is 2.08 bits per heavy atom. The zero-order chi connectivity index (χ0) is 18.4. The van der Waals surface area contributed by atoms with Gasteiger partial charge in [0, 0.05) is 30.7 Å². The molecule has 1 aromatic carbocycles. The monoisotopic (exact) mass is 365 g/mol. The number of aryl methyl sites for hydroxylation is 3. The van der Waals surface area contributed by atoms with E-state index >= 15 is 0 Å². The number of rotatable bonds is 3. The molecule has 4 aromatic rings. The van der Waals surface area contributed by atoms with Crippen LogP contribution in [0.4, 0.5) is 5.69 Å². The number of hydrogen-bond acceptors (Lipinski definition) is 5. The number of anilines is 1. The summed E-state index contributed by atoms with van der Waals surface area (Å²) >= 11 is 1.28. The number of hydrogen-bond donors (Lipinski definition) is 2. The van der Waals surface area contributed by atoms with E-state index in [1.54, 1.807) is 0 Å². The van der Waals surface area contributed by atoms with Gasteiger partial charge in [0.05, 0.1) is 11.4 Å². The quantitative estimate of drug-likeness (QED) is 0.583. The highest BCUT2D eigenvalue weighted by Gasteiger charge is 2.19. The van der Waals surface area contributed by atoms with Crippen molar-refractivity contribution in [1.29, 1.82) is 0 Å². The number of nitrogens with two attached hydrogens (primary N) is 1. The van der Waals surface area contributed by atoms with Gasteiger partial charge in [-0.3, -0.25) is 4.79 Å². The van der Waals surface area contributed by atoms with E-state index in [1.165, 1.54) is 16.9 Å². The minimum absolute atomic E-state index is 0.185. The lowest BCUT2D eigenvalue weighted by molar-refractivity contribution is 0.0956. The van der Waals surface area contributed by atoms with Crippen LogP contribution >= 0.6 is 11.3 Å². The first-order chi connectivity index (χ1) is 12.5. The van der Waals surface area contributed by atoms with Crippen molar-refractivity contribution in [2.45, 2.75) is 20.4 Å². The normalized spacial score (nSPS) is 11.3. The lowest BCUT2D eigenvalue weighted by atomic mass is 10.1. The molecule has 3 aromatic heterocycles. The van der Waals surface area contributed by atoms with Gasteiger partial charge in [-0.2, -0.15) is 5.10 Å². The van der Waals surface area contributed by atoms with Crippen LogP contribution in [0, 0.1) is 13.8 Å². The number of nitrogens with one attached hydrogen (secondary N) is 1. The highest BCUT2D eigenvalue weighted by Crippen LogP contribution is 2.34. The van der Waals surface area contributed by atoms with Crippen molar-refractivity contribution < 1.29 is 4.79 Å². The highest BCUT2D eigenvalue weighted by atomic mass is 32.1. The minimum Gasteiger partial charge on any atom is -0.397 e. The molecule has 0 bridgehead atoms. The second-order valence-electron chi connectivity index (χ2n) is 6.44. The minimum atomic E-state index is -0.185. The van der Waals surface area contributed by atoms with Crippen molar-refractivity contribution in [1.82, 2.24) is 20.1 Å². The summed E-state index contributed by atoms with van der Waals surface area (Å²) < 4.78 is 2.07. The first kappa shape index (κ1) is 16.5. The molecule has 0 unspecified atom stereocenters. The molecule has 3 heterocycles. The van der Waals surface area contributed by atoms with E-state index in [9.17, 15) is 4.79 Å². The zero-order valence-corrected chi connectivity index (χ0v) is 15.6. The highest BCUT2D eigenvalue weighted by molar-refractivity contribution is 7.21. The van der Waals surface area contributed by atoms with E-state index in [0.717, 1.165) is 27.6 Å². The van der Waals surface area contributed by atoms with Gasteiger partial charge in [-0.25, -0.2) is 0 Å². The molecule has 0 fully saturated rings. The van der Waals surface area contributed by atoms with E-state index in [2.05, 4.69) is 38.3 Å².